The molecule has 2 amide bonds. The van der Waals surface area contributed by atoms with E-state index in [4.69, 9.17) is 21.7 Å². The highest BCUT2D eigenvalue weighted by Crippen LogP contribution is 2.14. The Morgan fingerprint density at radius 1 is 1.23 bits per heavy atom. The Labute approximate surface area is 182 Å². The third-order valence-electron chi connectivity index (χ3n) is 4.61. The number of thiocarbonyl (C=S) groups is 1. The molecule has 30 heavy (non-hydrogen) atoms. The number of carbonyl (C=O) groups is 3. The SMILES string of the molecule is CCCCCOC(=O)CC1C(=O)NCCN1C(=S)NC(=O)c1ccc(OCC)cc1. The number of nitrogens with zero attached hydrogens (tertiary/aromatic N) is 1. The quantitative estimate of drug-likeness (QED) is 0.348. The number of hydrogen-bond donors (Lipinski definition) is 2. The van der Waals surface area contributed by atoms with Crippen LogP contribution in [0.1, 0.15) is 49.9 Å². The smallest absolute Gasteiger partial charge is 0.308 e. The van der Waals surface area contributed by atoms with E-state index in [9.17, 15) is 14.4 Å². The highest BCUT2D eigenvalue weighted by Gasteiger charge is 2.34. The Bertz CT molecular complexity index is 754. The number of hydrogen-bond acceptors (Lipinski definition) is 6. The Balaban J connectivity index is 1.96. The third kappa shape index (κ3) is 6.98. The maximum Gasteiger partial charge on any atom is 0.308 e. The van der Waals surface area contributed by atoms with Crippen molar-refractivity contribution in [2.45, 2.75) is 45.6 Å². The predicted octanol–water partition coefficient (Wildman–Crippen LogP) is 2.02. The lowest BCUT2D eigenvalue weighted by Gasteiger charge is -2.36. The van der Waals surface area contributed by atoms with Crippen molar-refractivity contribution >= 4 is 35.1 Å². The number of esters is 1. The van der Waals surface area contributed by atoms with Crippen molar-refractivity contribution < 1.29 is 23.9 Å². The summed E-state index contributed by atoms with van der Waals surface area (Å²) >= 11 is 5.36. The minimum absolute atomic E-state index is 0.104. The standard InChI is InChI=1S/C21H29N3O5S/c1-3-5-6-13-29-18(25)14-17-20(27)22-11-12-24(17)21(30)23-19(26)15-7-9-16(10-8-15)28-4-2/h7-10,17H,3-6,11-14H2,1-2H3,(H,22,27)(H,23,26,30). The van der Waals surface area contributed by atoms with Gasteiger partial charge >= 0.3 is 5.97 Å². The molecule has 0 spiro atoms. The van der Waals surface area contributed by atoms with Crippen LogP contribution in [-0.2, 0) is 14.3 Å². The minimum atomic E-state index is -0.814. The highest BCUT2D eigenvalue weighted by atomic mass is 32.1. The van der Waals surface area contributed by atoms with E-state index in [1.165, 1.54) is 0 Å². The highest BCUT2D eigenvalue weighted by molar-refractivity contribution is 7.80. The summed E-state index contributed by atoms with van der Waals surface area (Å²) in [7, 11) is 0. The number of benzene rings is 1. The molecular formula is C21H29N3O5S. The number of ether oxygens (including phenoxy) is 2. The molecule has 8 nitrogen and oxygen atoms in total. The molecule has 0 aromatic heterocycles. The van der Waals surface area contributed by atoms with Crippen molar-refractivity contribution in [3.05, 3.63) is 29.8 Å². The molecule has 2 rings (SSSR count). The summed E-state index contributed by atoms with van der Waals surface area (Å²) in [5.74, 6) is -0.500. The monoisotopic (exact) mass is 435 g/mol. The Kier molecular flexibility index (Phi) is 9.53. The molecule has 0 saturated carbocycles. The van der Waals surface area contributed by atoms with Gasteiger partial charge in [-0.05, 0) is 49.8 Å². The molecule has 9 heteroatoms. The number of unbranched alkanes of at least 4 members (excludes halogenated alkanes) is 2. The molecule has 1 aliphatic rings. The summed E-state index contributed by atoms with van der Waals surface area (Å²) in [6.07, 6.45) is 2.67. The van der Waals surface area contributed by atoms with Crippen LogP contribution in [0.5, 0.6) is 5.75 Å². The summed E-state index contributed by atoms with van der Waals surface area (Å²) in [6, 6.07) is 5.86. The Morgan fingerprint density at radius 3 is 2.63 bits per heavy atom. The molecule has 1 aliphatic heterocycles. The zero-order valence-electron chi connectivity index (χ0n) is 17.4. The van der Waals surface area contributed by atoms with Crippen molar-refractivity contribution in [3.63, 3.8) is 0 Å². The Hall–Kier alpha value is -2.68. The second-order valence-electron chi connectivity index (χ2n) is 6.85. The van der Waals surface area contributed by atoms with Crippen LogP contribution >= 0.6 is 12.2 Å². The Morgan fingerprint density at radius 2 is 1.97 bits per heavy atom. The van der Waals surface area contributed by atoms with Crippen LogP contribution in [0.25, 0.3) is 0 Å². The fraction of sp³-hybridized carbons (Fsp3) is 0.524. The topological polar surface area (TPSA) is 97.0 Å². The van der Waals surface area contributed by atoms with E-state index in [1.54, 1.807) is 29.2 Å². The summed E-state index contributed by atoms with van der Waals surface area (Å²) in [5.41, 5.74) is 0.411. The van der Waals surface area contributed by atoms with E-state index in [0.29, 0.717) is 37.6 Å². The van der Waals surface area contributed by atoms with Crippen LogP contribution in [-0.4, -0.2) is 60.1 Å². The molecular weight excluding hydrogens is 406 g/mol. The first kappa shape index (κ1) is 23.6. The second kappa shape index (κ2) is 12.1. The second-order valence-corrected chi connectivity index (χ2v) is 7.24. The van der Waals surface area contributed by atoms with Gasteiger partial charge in [-0.15, -0.1) is 0 Å². The van der Waals surface area contributed by atoms with Crippen LogP contribution < -0.4 is 15.4 Å². The van der Waals surface area contributed by atoms with Crippen LogP contribution in [0.3, 0.4) is 0 Å². The van der Waals surface area contributed by atoms with Gasteiger partial charge in [-0.3, -0.25) is 19.7 Å². The van der Waals surface area contributed by atoms with Gasteiger partial charge in [-0.1, -0.05) is 19.8 Å². The first-order valence-electron chi connectivity index (χ1n) is 10.2. The van der Waals surface area contributed by atoms with Gasteiger partial charge < -0.3 is 19.7 Å². The number of amides is 2. The predicted molar refractivity (Wildman–Crippen MR) is 116 cm³/mol. The number of carbonyl (C=O) groups excluding carboxylic acids is 3. The van der Waals surface area contributed by atoms with Crippen LogP contribution in [0.2, 0.25) is 0 Å². The molecule has 1 aromatic carbocycles. The molecule has 1 saturated heterocycles. The first-order chi connectivity index (χ1) is 14.5. The number of rotatable bonds is 9. The van der Waals surface area contributed by atoms with Gasteiger partial charge in [0.2, 0.25) is 5.91 Å². The van der Waals surface area contributed by atoms with Gasteiger partial charge in [-0.25, -0.2) is 0 Å². The average Bonchev–Trinajstić information content (AvgIpc) is 2.73. The molecule has 0 radical (unpaired) electrons. The van der Waals surface area contributed by atoms with Crippen molar-refractivity contribution in [1.29, 1.82) is 0 Å². The van der Waals surface area contributed by atoms with E-state index in [1.807, 2.05) is 6.92 Å². The largest absolute Gasteiger partial charge is 0.494 e. The third-order valence-corrected chi connectivity index (χ3v) is 4.95. The molecule has 1 aromatic rings. The number of piperazine rings is 1. The van der Waals surface area contributed by atoms with Gasteiger partial charge in [-0.2, -0.15) is 0 Å². The lowest BCUT2D eigenvalue weighted by molar-refractivity contribution is -0.147. The molecule has 2 N–H and O–H groups in total. The maximum atomic E-state index is 12.5. The lowest BCUT2D eigenvalue weighted by Crippen LogP contribution is -2.60. The zero-order valence-corrected chi connectivity index (χ0v) is 18.3. The zero-order chi connectivity index (χ0) is 21.9. The molecule has 1 heterocycles. The maximum absolute atomic E-state index is 12.5. The van der Waals surface area contributed by atoms with Crippen molar-refractivity contribution in [3.8, 4) is 5.75 Å². The van der Waals surface area contributed by atoms with Crippen molar-refractivity contribution in [2.24, 2.45) is 0 Å². The summed E-state index contributed by atoms with van der Waals surface area (Å²) in [4.78, 5) is 38.6. The summed E-state index contributed by atoms with van der Waals surface area (Å²) in [5, 5.41) is 5.48. The lowest BCUT2D eigenvalue weighted by atomic mass is 10.1. The van der Waals surface area contributed by atoms with E-state index < -0.39 is 17.9 Å². The van der Waals surface area contributed by atoms with E-state index in [-0.39, 0.29) is 17.4 Å². The minimum Gasteiger partial charge on any atom is -0.494 e. The van der Waals surface area contributed by atoms with Gasteiger partial charge in [0.15, 0.2) is 5.11 Å². The molecule has 0 aliphatic carbocycles. The molecule has 0 bridgehead atoms. The molecule has 1 unspecified atom stereocenters. The van der Waals surface area contributed by atoms with E-state index >= 15 is 0 Å². The van der Waals surface area contributed by atoms with Gasteiger partial charge in [0.05, 0.1) is 19.6 Å². The van der Waals surface area contributed by atoms with E-state index in [0.717, 1.165) is 19.3 Å². The fourth-order valence-electron chi connectivity index (χ4n) is 3.03. The molecule has 1 fully saturated rings. The van der Waals surface area contributed by atoms with Gasteiger partial charge in [0, 0.05) is 18.7 Å². The first-order valence-corrected chi connectivity index (χ1v) is 10.6. The number of nitrogens with one attached hydrogen (secondary N) is 2. The van der Waals surface area contributed by atoms with Crippen LogP contribution in [0, 0.1) is 0 Å². The fourth-order valence-corrected chi connectivity index (χ4v) is 3.34. The average molecular weight is 436 g/mol. The van der Waals surface area contributed by atoms with Crippen molar-refractivity contribution in [2.75, 3.05) is 26.3 Å². The van der Waals surface area contributed by atoms with Crippen LogP contribution in [0.15, 0.2) is 24.3 Å². The molecule has 1 atom stereocenters. The normalized spacial score (nSPS) is 15.9. The van der Waals surface area contributed by atoms with Gasteiger partial charge in [0.1, 0.15) is 11.8 Å². The van der Waals surface area contributed by atoms with E-state index in [2.05, 4.69) is 17.6 Å². The summed E-state index contributed by atoms with van der Waals surface area (Å²) in [6.45, 7) is 5.58. The van der Waals surface area contributed by atoms with Crippen LogP contribution in [0.4, 0.5) is 0 Å². The summed E-state index contributed by atoms with van der Waals surface area (Å²) < 4.78 is 10.6. The molecule has 164 valence electrons. The van der Waals surface area contributed by atoms with Gasteiger partial charge in [0.25, 0.3) is 5.91 Å². The van der Waals surface area contributed by atoms with Crippen molar-refractivity contribution in [1.82, 2.24) is 15.5 Å².